The molecule has 1 aliphatic rings. The lowest BCUT2D eigenvalue weighted by Gasteiger charge is -2.26. The van der Waals surface area contributed by atoms with Gasteiger partial charge in [-0.1, -0.05) is 29.8 Å². The van der Waals surface area contributed by atoms with E-state index in [0.717, 1.165) is 11.1 Å². The van der Waals surface area contributed by atoms with Crippen molar-refractivity contribution in [2.24, 2.45) is 5.92 Å². The number of likely N-dealkylation sites (tertiary alicyclic amines) is 1. The summed E-state index contributed by atoms with van der Waals surface area (Å²) in [6.07, 6.45) is 0.0989. The van der Waals surface area contributed by atoms with Crippen molar-refractivity contribution in [3.8, 4) is 0 Å². The molecule has 2 atom stereocenters. The second-order valence-electron chi connectivity index (χ2n) is 4.68. The standard InChI is InChI=1S/C14H17NO3/c1-3-15-12(16)8-11(14(17)18)13(15)10-6-4-9(2)5-7-10/h4-7,11,13H,3,8H2,1-2H3,(H,17,18)/t11-,13-/m0/s1. The van der Waals surface area contributed by atoms with E-state index >= 15 is 0 Å². The lowest BCUT2D eigenvalue weighted by atomic mass is 9.93. The van der Waals surface area contributed by atoms with E-state index in [1.54, 1.807) is 4.90 Å². The van der Waals surface area contributed by atoms with Crippen LogP contribution in [-0.4, -0.2) is 28.4 Å². The molecule has 1 heterocycles. The van der Waals surface area contributed by atoms with Crippen LogP contribution in [-0.2, 0) is 9.59 Å². The quantitative estimate of drug-likeness (QED) is 0.888. The Kier molecular flexibility index (Phi) is 3.36. The normalized spacial score (nSPS) is 23.4. The van der Waals surface area contributed by atoms with Gasteiger partial charge in [-0.25, -0.2) is 0 Å². The van der Waals surface area contributed by atoms with Gasteiger partial charge in [0.05, 0.1) is 12.0 Å². The fourth-order valence-corrected chi connectivity index (χ4v) is 2.56. The molecular formula is C14H17NO3. The largest absolute Gasteiger partial charge is 0.481 e. The van der Waals surface area contributed by atoms with Gasteiger partial charge in [0.15, 0.2) is 0 Å². The van der Waals surface area contributed by atoms with Gasteiger partial charge >= 0.3 is 5.97 Å². The van der Waals surface area contributed by atoms with Gasteiger partial charge in [0.1, 0.15) is 0 Å². The highest BCUT2D eigenvalue weighted by molar-refractivity contribution is 5.87. The predicted octanol–water partition coefficient (Wildman–Crippen LogP) is 1.99. The number of aryl methyl sites for hydroxylation is 1. The molecule has 4 heteroatoms. The van der Waals surface area contributed by atoms with Gasteiger partial charge < -0.3 is 10.0 Å². The second-order valence-corrected chi connectivity index (χ2v) is 4.68. The van der Waals surface area contributed by atoms with Crippen molar-refractivity contribution in [3.63, 3.8) is 0 Å². The van der Waals surface area contributed by atoms with Crippen molar-refractivity contribution in [1.82, 2.24) is 4.90 Å². The molecule has 18 heavy (non-hydrogen) atoms. The topological polar surface area (TPSA) is 57.6 Å². The molecule has 1 N–H and O–H groups in total. The van der Waals surface area contributed by atoms with Crippen LogP contribution >= 0.6 is 0 Å². The molecule has 0 aromatic heterocycles. The van der Waals surface area contributed by atoms with E-state index in [1.807, 2.05) is 38.1 Å². The molecule has 0 radical (unpaired) electrons. The molecule has 96 valence electrons. The zero-order valence-corrected chi connectivity index (χ0v) is 10.6. The fraction of sp³-hybridized carbons (Fsp3) is 0.429. The van der Waals surface area contributed by atoms with E-state index < -0.39 is 11.9 Å². The summed E-state index contributed by atoms with van der Waals surface area (Å²) in [6, 6.07) is 7.39. The van der Waals surface area contributed by atoms with Gasteiger partial charge in [-0.15, -0.1) is 0 Å². The number of carboxylic acids is 1. The molecule has 0 aliphatic carbocycles. The van der Waals surface area contributed by atoms with Crippen LogP contribution in [0.15, 0.2) is 24.3 Å². The average Bonchev–Trinajstić information content (AvgIpc) is 2.67. The molecule has 1 aromatic rings. The molecule has 0 bridgehead atoms. The molecule has 0 unspecified atom stereocenters. The van der Waals surface area contributed by atoms with Crippen molar-refractivity contribution >= 4 is 11.9 Å². The summed E-state index contributed by atoms with van der Waals surface area (Å²) in [5.74, 6) is -1.61. The maximum atomic E-state index is 11.8. The zero-order valence-electron chi connectivity index (χ0n) is 10.6. The van der Waals surface area contributed by atoms with E-state index in [1.165, 1.54) is 0 Å². The first-order chi connectivity index (χ1) is 8.54. The number of carboxylic acid groups (broad SMARTS) is 1. The van der Waals surface area contributed by atoms with Gasteiger partial charge in [0, 0.05) is 13.0 Å². The van der Waals surface area contributed by atoms with Crippen molar-refractivity contribution in [2.75, 3.05) is 6.54 Å². The highest BCUT2D eigenvalue weighted by Crippen LogP contribution is 2.38. The van der Waals surface area contributed by atoms with Gasteiger partial charge in [-0.3, -0.25) is 9.59 Å². The van der Waals surface area contributed by atoms with E-state index in [2.05, 4.69) is 0 Å². The van der Waals surface area contributed by atoms with E-state index in [4.69, 9.17) is 0 Å². The van der Waals surface area contributed by atoms with Crippen molar-refractivity contribution in [3.05, 3.63) is 35.4 Å². The molecule has 1 saturated heterocycles. The van der Waals surface area contributed by atoms with Crippen LogP contribution in [0.3, 0.4) is 0 Å². The Balaban J connectivity index is 2.39. The summed E-state index contributed by atoms with van der Waals surface area (Å²) < 4.78 is 0. The molecule has 0 spiro atoms. The number of nitrogens with zero attached hydrogens (tertiary/aromatic N) is 1. The van der Waals surface area contributed by atoms with Crippen LogP contribution in [0, 0.1) is 12.8 Å². The maximum absolute atomic E-state index is 11.8. The fourth-order valence-electron chi connectivity index (χ4n) is 2.56. The highest BCUT2D eigenvalue weighted by atomic mass is 16.4. The van der Waals surface area contributed by atoms with Crippen LogP contribution in [0.2, 0.25) is 0 Å². The number of carbonyl (C=O) groups excluding carboxylic acids is 1. The number of benzene rings is 1. The predicted molar refractivity (Wildman–Crippen MR) is 67.0 cm³/mol. The van der Waals surface area contributed by atoms with Crippen molar-refractivity contribution < 1.29 is 14.7 Å². The minimum absolute atomic E-state index is 0.0736. The molecule has 0 saturated carbocycles. The van der Waals surface area contributed by atoms with Crippen molar-refractivity contribution in [2.45, 2.75) is 26.3 Å². The van der Waals surface area contributed by atoms with Crippen molar-refractivity contribution in [1.29, 1.82) is 0 Å². The molecule has 1 aliphatic heterocycles. The Bertz CT molecular complexity index is 466. The third-order valence-electron chi connectivity index (χ3n) is 3.51. The Morgan fingerprint density at radius 3 is 2.50 bits per heavy atom. The average molecular weight is 247 g/mol. The third-order valence-corrected chi connectivity index (χ3v) is 3.51. The minimum Gasteiger partial charge on any atom is -0.481 e. The van der Waals surface area contributed by atoms with Crippen LogP contribution < -0.4 is 0 Å². The Morgan fingerprint density at radius 1 is 1.39 bits per heavy atom. The summed E-state index contributed by atoms with van der Waals surface area (Å²) >= 11 is 0. The summed E-state index contributed by atoms with van der Waals surface area (Å²) in [7, 11) is 0. The lowest BCUT2D eigenvalue weighted by Crippen LogP contribution is -2.30. The number of hydrogen-bond acceptors (Lipinski definition) is 2. The van der Waals surface area contributed by atoms with E-state index in [-0.39, 0.29) is 18.4 Å². The number of amides is 1. The molecule has 1 amide bonds. The first kappa shape index (κ1) is 12.6. The summed E-state index contributed by atoms with van der Waals surface area (Å²) in [4.78, 5) is 24.8. The van der Waals surface area contributed by atoms with E-state index in [9.17, 15) is 14.7 Å². The minimum atomic E-state index is -0.898. The smallest absolute Gasteiger partial charge is 0.309 e. The molecular weight excluding hydrogens is 230 g/mol. The number of hydrogen-bond donors (Lipinski definition) is 1. The summed E-state index contributed by atoms with van der Waals surface area (Å²) in [6.45, 7) is 4.40. The van der Waals surface area contributed by atoms with Crippen LogP contribution in [0.1, 0.15) is 30.5 Å². The van der Waals surface area contributed by atoms with E-state index in [0.29, 0.717) is 6.54 Å². The number of aliphatic carboxylic acids is 1. The summed E-state index contributed by atoms with van der Waals surface area (Å²) in [5.41, 5.74) is 2.03. The maximum Gasteiger partial charge on any atom is 0.309 e. The number of carbonyl (C=O) groups is 2. The Hall–Kier alpha value is -1.84. The van der Waals surface area contributed by atoms with Gasteiger partial charge in [0.2, 0.25) is 5.91 Å². The highest BCUT2D eigenvalue weighted by Gasteiger charge is 2.43. The first-order valence-electron chi connectivity index (χ1n) is 6.13. The Labute approximate surface area is 106 Å². The zero-order chi connectivity index (χ0) is 13.3. The Morgan fingerprint density at radius 2 is 2.00 bits per heavy atom. The molecule has 1 aromatic carbocycles. The number of rotatable bonds is 3. The molecule has 4 nitrogen and oxygen atoms in total. The molecule has 1 fully saturated rings. The SMILES string of the molecule is CCN1C(=O)C[C@H](C(=O)O)[C@@H]1c1ccc(C)cc1. The lowest BCUT2D eigenvalue weighted by molar-refractivity contribution is -0.142. The van der Waals surface area contributed by atoms with Gasteiger partial charge in [-0.2, -0.15) is 0 Å². The summed E-state index contributed by atoms with van der Waals surface area (Å²) in [5, 5.41) is 9.25. The van der Waals surface area contributed by atoms with Gasteiger partial charge in [-0.05, 0) is 19.4 Å². The third kappa shape index (κ3) is 2.10. The van der Waals surface area contributed by atoms with Crippen LogP contribution in [0.4, 0.5) is 0 Å². The van der Waals surface area contributed by atoms with Crippen LogP contribution in [0.5, 0.6) is 0 Å². The monoisotopic (exact) mass is 247 g/mol. The van der Waals surface area contributed by atoms with Gasteiger partial charge in [0.25, 0.3) is 0 Å². The van der Waals surface area contributed by atoms with Crippen LogP contribution in [0.25, 0.3) is 0 Å². The first-order valence-corrected chi connectivity index (χ1v) is 6.13. The second kappa shape index (κ2) is 4.80. The molecule has 2 rings (SSSR count).